The van der Waals surface area contributed by atoms with E-state index in [2.05, 4.69) is 62.0 Å². The summed E-state index contributed by atoms with van der Waals surface area (Å²) in [6, 6.07) is 14.9. The SMILES string of the molecule is CC([SH2+])c1cccc2ccccc12.F[P-](F)(F)(F)(F)F. The maximum absolute atomic E-state index is 10.7. The van der Waals surface area contributed by atoms with Crippen molar-refractivity contribution in [3.05, 3.63) is 48.0 Å². The molecule has 2 rings (SSSR count). The molecule has 1 atom stereocenters. The van der Waals surface area contributed by atoms with Gasteiger partial charge in [-0.05, 0) is 30.3 Å². The molecular weight excluding hydrogens is 321 g/mol. The van der Waals surface area contributed by atoms with Crippen LogP contribution in [-0.4, -0.2) is 0 Å². The first kappa shape index (κ1) is 17.1. The zero-order chi connectivity index (χ0) is 15.7. The normalized spacial score (nSPS) is 16.6. The second-order valence-electron chi connectivity index (χ2n) is 4.25. The molecule has 0 aliphatic carbocycles. The van der Waals surface area contributed by atoms with E-state index in [-0.39, 0.29) is 0 Å². The second kappa shape index (κ2) is 4.81. The van der Waals surface area contributed by atoms with E-state index >= 15 is 0 Å². The number of benzene rings is 2. The van der Waals surface area contributed by atoms with Crippen LogP contribution >= 0.6 is 7.81 Å². The van der Waals surface area contributed by atoms with Crippen molar-refractivity contribution in [2.75, 3.05) is 0 Å². The summed E-state index contributed by atoms with van der Waals surface area (Å²) < 4.78 is 59.2. The molecule has 0 aliphatic heterocycles. The van der Waals surface area contributed by atoms with Crippen molar-refractivity contribution in [1.29, 1.82) is 0 Å². The van der Waals surface area contributed by atoms with Gasteiger partial charge in [0.15, 0.2) is 0 Å². The van der Waals surface area contributed by atoms with Gasteiger partial charge in [-0.2, -0.15) is 0 Å². The van der Waals surface area contributed by atoms with Gasteiger partial charge < -0.3 is 0 Å². The van der Waals surface area contributed by atoms with Crippen molar-refractivity contribution in [2.24, 2.45) is 0 Å². The first-order valence-corrected chi connectivity index (χ1v) is 8.10. The minimum absolute atomic E-state index is 0.408. The van der Waals surface area contributed by atoms with E-state index in [9.17, 15) is 25.2 Å². The average molecular weight is 334 g/mol. The molecule has 0 aromatic heterocycles. The molecule has 8 heteroatoms. The van der Waals surface area contributed by atoms with Crippen molar-refractivity contribution in [3.8, 4) is 0 Å². The van der Waals surface area contributed by atoms with E-state index in [1.807, 2.05) is 0 Å². The molecule has 2 aromatic carbocycles. The maximum atomic E-state index is 9.87. The molecule has 2 aromatic rings. The standard InChI is InChI=1S/C12H12S.F6P/c1-9(13)11-8-4-6-10-5-2-3-7-12(10)11;1-7(2,3,4,5)6/h2-9,13H,1H3;/q;-1/p+1. The molecule has 0 heterocycles. The van der Waals surface area contributed by atoms with Gasteiger partial charge in [0.1, 0.15) is 5.25 Å². The quantitative estimate of drug-likeness (QED) is 0.326. The first-order valence-electron chi connectivity index (χ1n) is 5.49. The Kier molecular flexibility index (Phi) is 4.11. The third-order valence-corrected chi connectivity index (χ3v) is 2.60. The molecule has 0 N–H and O–H groups in total. The Morgan fingerprint density at radius 2 is 1.30 bits per heavy atom. The van der Waals surface area contributed by atoms with Gasteiger partial charge in [-0.3, -0.25) is 0 Å². The van der Waals surface area contributed by atoms with Gasteiger partial charge in [-0.1, -0.05) is 42.5 Å². The molecule has 1 unspecified atom stereocenters. The fraction of sp³-hybridized carbons (Fsp3) is 0.167. The molecule has 0 amide bonds. The molecule has 0 nitrogen and oxygen atoms in total. The zero-order valence-corrected chi connectivity index (χ0v) is 12.2. The van der Waals surface area contributed by atoms with Crippen molar-refractivity contribution >= 4 is 31.2 Å². The summed E-state index contributed by atoms with van der Waals surface area (Å²) in [4.78, 5) is 0. The molecule has 0 bridgehead atoms. The average Bonchev–Trinajstić information content (AvgIpc) is 2.24. The molecule has 0 saturated heterocycles. The van der Waals surface area contributed by atoms with Crippen LogP contribution in [0.4, 0.5) is 25.2 Å². The molecule has 0 spiro atoms. The summed E-state index contributed by atoms with van der Waals surface area (Å²) >= 11 is 3.65. The molecule has 114 valence electrons. The molecule has 0 aliphatic rings. The fourth-order valence-electron chi connectivity index (χ4n) is 1.63. The third kappa shape index (κ3) is 7.60. The van der Waals surface area contributed by atoms with Gasteiger partial charge >= 0.3 is 33.0 Å². The van der Waals surface area contributed by atoms with Gasteiger partial charge in [0.05, 0.1) is 0 Å². The predicted molar refractivity (Wildman–Crippen MR) is 76.1 cm³/mol. The van der Waals surface area contributed by atoms with E-state index in [0.29, 0.717) is 5.25 Å². The van der Waals surface area contributed by atoms with Gasteiger partial charge in [-0.25, -0.2) is 0 Å². The zero-order valence-electron chi connectivity index (χ0n) is 10.3. The molecule has 0 fully saturated rings. The van der Waals surface area contributed by atoms with Crippen molar-refractivity contribution in [3.63, 3.8) is 0 Å². The molecule has 0 radical (unpaired) electrons. The summed E-state index contributed by atoms with van der Waals surface area (Å²) in [5, 5.41) is 3.06. The Morgan fingerprint density at radius 3 is 1.80 bits per heavy atom. The van der Waals surface area contributed by atoms with Crippen molar-refractivity contribution < 1.29 is 25.2 Å². The van der Waals surface area contributed by atoms with Gasteiger partial charge in [0, 0.05) is 5.56 Å². The summed E-state index contributed by atoms with van der Waals surface area (Å²) in [6.45, 7) is 2.15. The van der Waals surface area contributed by atoms with Crippen LogP contribution in [0, 0.1) is 0 Å². The summed E-state index contributed by atoms with van der Waals surface area (Å²) in [7, 11) is -10.7. The summed E-state index contributed by atoms with van der Waals surface area (Å²) in [5.74, 6) is 0. The summed E-state index contributed by atoms with van der Waals surface area (Å²) in [6.07, 6.45) is 0. The van der Waals surface area contributed by atoms with E-state index < -0.39 is 7.81 Å². The van der Waals surface area contributed by atoms with Crippen LogP contribution in [0.2, 0.25) is 0 Å². The number of hydrogen-bond donors (Lipinski definition) is 0. The topological polar surface area (TPSA) is 0 Å². The molecule has 20 heavy (non-hydrogen) atoms. The predicted octanol–water partition coefficient (Wildman–Crippen LogP) is 6.29. The number of fused-ring (bicyclic) bond motifs is 1. The summed E-state index contributed by atoms with van der Waals surface area (Å²) in [5.41, 5.74) is 1.36. The van der Waals surface area contributed by atoms with Crippen LogP contribution in [0.3, 0.4) is 0 Å². The van der Waals surface area contributed by atoms with Crippen molar-refractivity contribution in [2.45, 2.75) is 12.2 Å². The van der Waals surface area contributed by atoms with Crippen LogP contribution in [0.5, 0.6) is 0 Å². The number of rotatable bonds is 1. The number of halogens is 6. The molecule has 0 saturated carbocycles. The van der Waals surface area contributed by atoms with Crippen LogP contribution in [0.25, 0.3) is 10.8 Å². The van der Waals surface area contributed by atoms with Crippen LogP contribution in [0.15, 0.2) is 42.5 Å². The fourth-order valence-corrected chi connectivity index (χ4v) is 1.88. The van der Waals surface area contributed by atoms with E-state index in [4.69, 9.17) is 0 Å². The molecular formula is C12H13F6PS. The Morgan fingerprint density at radius 1 is 0.850 bits per heavy atom. The first-order chi connectivity index (χ1) is 8.74. The Bertz CT molecular complexity index is 589. The van der Waals surface area contributed by atoms with Gasteiger partial charge in [0.25, 0.3) is 0 Å². The minimum atomic E-state index is -10.7. The Labute approximate surface area is 117 Å². The second-order valence-corrected chi connectivity index (χ2v) is 7.03. The van der Waals surface area contributed by atoms with Gasteiger partial charge in [-0.15, -0.1) is 0 Å². The van der Waals surface area contributed by atoms with E-state index in [0.717, 1.165) is 0 Å². The number of hydrogen-bond acceptors (Lipinski definition) is 0. The Balaban J connectivity index is 0.000000246. The van der Waals surface area contributed by atoms with Crippen LogP contribution in [0.1, 0.15) is 17.7 Å². The van der Waals surface area contributed by atoms with Crippen molar-refractivity contribution in [1.82, 2.24) is 0 Å². The van der Waals surface area contributed by atoms with Gasteiger partial charge in [0.2, 0.25) is 0 Å². The third-order valence-electron chi connectivity index (χ3n) is 2.29. The van der Waals surface area contributed by atoms with E-state index in [1.165, 1.54) is 16.3 Å². The monoisotopic (exact) mass is 334 g/mol. The van der Waals surface area contributed by atoms with Crippen LogP contribution < -0.4 is 0 Å². The van der Waals surface area contributed by atoms with E-state index in [1.54, 1.807) is 0 Å². The van der Waals surface area contributed by atoms with Crippen LogP contribution in [-0.2, 0) is 12.6 Å². The Hall–Kier alpha value is -0.940.